The van der Waals surface area contributed by atoms with Crippen molar-refractivity contribution in [1.29, 1.82) is 0 Å². The molecule has 0 saturated heterocycles. The van der Waals surface area contributed by atoms with E-state index in [0.29, 0.717) is 6.04 Å². The van der Waals surface area contributed by atoms with E-state index in [1.54, 1.807) is 6.26 Å². The monoisotopic (exact) mass is 217 g/mol. The molecule has 0 saturated carbocycles. The topological polar surface area (TPSA) is 25.2 Å². The molecule has 1 aromatic rings. The molecule has 0 amide bonds. The van der Waals surface area contributed by atoms with Gasteiger partial charge in [0.2, 0.25) is 0 Å². The van der Waals surface area contributed by atoms with E-state index < -0.39 is 0 Å². The van der Waals surface area contributed by atoms with E-state index in [0.717, 1.165) is 16.8 Å². The van der Waals surface area contributed by atoms with Crippen LogP contribution in [0.2, 0.25) is 0 Å². The van der Waals surface area contributed by atoms with Gasteiger partial charge in [0.25, 0.3) is 0 Å². The van der Waals surface area contributed by atoms with Crippen LogP contribution in [0.5, 0.6) is 0 Å². The highest BCUT2D eigenvalue weighted by Crippen LogP contribution is 2.16. The van der Waals surface area contributed by atoms with Crippen LogP contribution in [0.1, 0.15) is 19.6 Å². The molecule has 2 nitrogen and oxygen atoms in total. The quantitative estimate of drug-likeness (QED) is 0.843. The molecule has 3 heteroatoms. The van der Waals surface area contributed by atoms with Gasteiger partial charge in [0.05, 0.1) is 17.3 Å². The molecule has 0 radical (unpaired) electrons. The van der Waals surface area contributed by atoms with Crippen LogP contribution in [0.4, 0.5) is 0 Å². The van der Waals surface area contributed by atoms with Crippen LogP contribution in [0.15, 0.2) is 21.2 Å². The van der Waals surface area contributed by atoms with Crippen molar-refractivity contribution in [2.45, 2.75) is 26.4 Å². The minimum absolute atomic E-state index is 0.493. The average Bonchev–Trinajstić information content (AvgIpc) is 2.31. The second kappa shape index (κ2) is 3.93. The number of furan rings is 1. The van der Waals surface area contributed by atoms with E-state index in [9.17, 15) is 0 Å². The molecule has 0 atom stereocenters. The lowest BCUT2D eigenvalue weighted by Crippen LogP contribution is -2.21. The second-order valence-electron chi connectivity index (χ2n) is 2.73. The van der Waals surface area contributed by atoms with E-state index >= 15 is 0 Å². The predicted molar refractivity (Wildman–Crippen MR) is 48.4 cm³/mol. The van der Waals surface area contributed by atoms with Crippen molar-refractivity contribution in [3.8, 4) is 0 Å². The molecule has 1 N–H and O–H groups in total. The van der Waals surface area contributed by atoms with Gasteiger partial charge < -0.3 is 9.73 Å². The van der Waals surface area contributed by atoms with Gasteiger partial charge in [-0.2, -0.15) is 0 Å². The zero-order valence-corrected chi connectivity index (χ0v) is 8.31. The molecule has 0 aliphatic carbocycles. The summed E-state index contributed by atoms with van der Waals surface area (Å²) in [5.41, 5.74) is 0. The Hall–Kier alpha value is -0.280. The van der Waals surface area contributed by atoms with Gasteiger partial charge in [-0.25, -0.2) is 0 Å². The van der Waals surface area contributed by atoms with Crippen LogP contribution in [0.25, 0.3) is 0 Å². The number of rotatable bonds is 3. The number of hydrogen-bond donors (Lipinski definition) is 1. The smallest absolute Gasteiger partial charge is 0.131 e. The molecule has 1 rings (SSSR count). The van der Waals surface area contributed by atoms with Crippen molar-refractivity contribution in [3.05, 3.63) is 22.6 Å². The first-order valence-electron chi connectivity index (χ1n) is 3.65. The maximum absolute atomic E-state index is 5.21. The molecule has 0 aliphatic rings. The molecule has 0 aliphatic heterocycles. The highest BCUT2D eigenvalue weighted by Gasteiger charge is 2.02. The molecule has 0 spiro atoms. The van der Waals surface area contributed by atoms with Gasteiger partial charge in [0.15, 0.2) is 0 Å². The zero-order chi connectivity index (χ0) is 8.27. The highest BCUT2D eigenvalue weighted by atomic mass is 79.9. The van der Waals surface area contributed by atoms with E-state index in [2.05, 4.69) is 35.1 Å². The summed E-state index contributed by atoms with van der Waals surface area (Å²) >= 11 is 3.38. The van der Waals surface area contributed by atoms with Crippen molar-refractivity contribution in [2.75, 3.05) is 0 Å². The average molecular weight is 218 g/mol. The zero-order valence-electron chi connectivity index (χ0n) is 6.73. The fourth-order valence-electron chi connectivity index (χ4n) is 0.748. The van der Waals surface area contributed by atoms with E-state index in [4.69, 9.17) is 4.42 Å². The molecule has 0 fully saturated rings. The normalized spacial score (nSPS) is 10.9. The van der Waals surface area contributed by atoms with E-state index in [1.807, 2.05) is 6.07 Å². The lowest BCUT2D eigenvalue weighted by Gasteiger charge is -2.05. The van der Waals surface area contributed by atoms with Crippen molar-refractivity contribution in [1.82, 2.24) is 5.32 Å². The summed E-state index contributed by atoms with van der Waals surface area (Å²) in [5.74, 6) is 0.957. The summed E-state index contributed by atoms with van der Waals surface area (Å²) < 4.78 is 6.24. The third kappa shape index (κ3) is 2.67. The molecule has 11 heavy (non-hydrogen) atoms. The van der Waals surface area contributed by atoms with Crippen LogP contribution >= 0.6 is 15.9 Å². The minimum atomic E-state index is 0.493. The Labute approximate surface area is 75.1 Å². The minimum Gasteiger partial charge on any atom is -0.467 e. The third-order valence-electron chi connectivity index (χ3n) is 1.36. The van der Waals surface area contributed by atoms with Crippen LogP contribution < -0.4 is 5.32 Å². The Morgan fingerprint density at radius 2 is 2.36 bits per heavy atom. The molecular weight excluding hydrogens is 206 g/mol. The third-order valence-corrected chi connectivity index (χ3v) is 2.07. The van der Waals surface area contributed by atoms with Crippen LogP contribution in [0, 0.1) is 0 Å². The molecule has 1 heterocycles. The summed E-state index contributed by atoms with van der Waals surface area (Å²) in [5, 5.41) is 3.26. The molecular formula is C8H12BrNO. The first-order valence-corrected chi connectivity index (χ1v) is 4.44. The summed E-state index contributed by atoms with van der Waals surface area (Å²) in [7, 11) is 0. The maximum atomic E-state index is 5.21. The Kier molecular flexibility index (Phi) is 3.15. The van der Waals surface area contributed by atoms with Crippen molar-refractivity contribution in [3.63, 3.8) is 0 Å². The molecule has 0 bridgehead atoms. The van der Waals surface area contributed by atoms with Gasteiger partial charge in [0, 0.05) is 6.04 Å². The number of hydrogen-bond acceptors (Lipinski definition) is 2. The maximum Gasteiger partial charge on any atom is 0.131 e. The number of nitrogens with one attached hydrogen (secondary N) is 1. The van der Waals surface area contributed by atoms with Crippen LogP contribution in [-0.4, -0.2) is 6.04 Å². The van der Waals surface area contributed by atoms with Gasteiger partial charge in [-0.3, -0.25) is 0 Å². The lowest BCUT2D eigenvalue weighted by molar-refractivity contribution is 0.463. The standard InChI is InChI=1S/C8H12BrNO/c1-6(2)10-5-8-7(9)3-4-11-8/h3-4,6,10H,5H2,1-2H3. The van der Waals surface area contributed by atoms with Crippen LogP contribution in [-0.2, 0) is 6.54 Å². The Morgan fingerprint density at radius 1 is 1.64 bits per heavy atom. The van der Waals surface area contributed by atoms with Crippen LogP contribution in [0.3, 0.4) is 0 Å². The first kappa shape index (κ1) is 8.81. The molecule has 1 aromatic heterocycles. The van der Waals surface area contributed by atoms with Gasteiger partial charge in [-0.15, -0.1) is 0 Å². The molecule has 62 valence electrons. The predicted octanol–water partition coefficient (Wildman–Crippen LogP) is 2.54. The summed E-state index contributed by atoms with van der Waals surface area (Å²) in [6, 6.07) is 2.39. The Bertz CT molecular complexity index is 220. The SMILES string of the molecule is CC(C)NCc1occc1Br. The summed E-state index contributed by atoms with van der Waals surface area (Å²) in [4.78, 5) is 0. The molecule has 0 unspecified atom stereocenters. The van der Waals surface area contributed by atoms with E-state index in [-0.39, 0.29) is 0 Å². The van der Waals surface area contributed by atoms with Gasteiger partial charge in [-0.05, 0) is 22.0 Å². The number of halogens is 1. The summed E-state index contributed by atoms with van der Waals surface area (Å²) in [6.45, 7) is 5.00. The lowest BCUT2D eigenvalue weighted by atomic mass is 10.3. The molecule has 0 aromatic carbocycles. The highest BCUT2D eigenvalue weighted by molar-refractivity contribution is 9.10. The van der Waals surface area contributed by atoms with Gasteiger partial charge >= 0.3 is 0 Å². The largest absolute Gasteiger partial charge is 0.467 e. The van der Waals surface area contributed by atoms with Crippen molar-refractivity contribution in [2.24, 2.45) is 0 Å². The van der Waals surface area contributed by atoms with Gasteiger partial charge in [0.1, 0.15) is 5.76 Å². The second-order valence-corrected chi connectivity index (χ2v) is 3.58. The van der Waals surface area contributed by atoms with Crippen molar-refractivity contribution >= 4 is 15.9 Å². The fraction of sp³-hybridized carbons (Fsp3) is 0.500. The van der Waals surface area contributed by atoms with Gasteiger partial charge in [-0.1, -0.05) is 13.8 Å². The fourth-order valence-corrected chi connectivity index (χ4v) is 1.09. The van der Waals surface area contributed by atoms with Crippen molar-refractivity contribution < 1.29 is 4.42 Å². The van der Waals surface area contributed by atoms with E-state index in [1.165, 1.54) is 0 Å². The first-order chi connectivity index (χ1) is 5.20. The summed E-state index contributed by atoms with van der Waals surface area (Å²) in [6.07, 6.45) is 1.68. The Balaban J connectivity index is 2.44. The Morgan fingerprint density at radius 3 is 2.82 bits per heavy atom.